The second-order valence-corrected chi connectivity index (χ2v) is 5.81. The van der Waals surface area contributed by atoms with Gasteiger partial charge in [0.25, 0.3) is 0 Å². The monoisotopic (exact) mass is 228 g/mol. The minimum Gasteiger partial charge on any atom is -0.384 e. The standard InChI is InChI=1S/C14H28O2/c1-11(2)14(3,10-15-4)12-7-6-8-13(9-12)16-5/h11-13H,6-10H2,1-5H3. The summed E-state index contributed by atoms with van der Waals surface area (Å²) in [6.07, 6.45) is 5.53. The Hall–Kier alpha value is -0.0800. The van der Waals surface area contributed by atoms with Gasteiger partial charge >= 0.3 is 0 Å². The zero-order valence-corrected chi connectivity index (χ0v) is 11.6. The lowest BCUT2D eigenvalue weighted by atomic mass is 9.64. The second-order valence-electron chi connectivity index (χ2n) is 5.81. The van der Waals surface area contributed by atoms with Crippen LogP contribution >= 0.6 is 0 Å². The van der Waals surface area contributed by atoms with Gasteiger partial charge in [-0.15, -0.1) is 0 Å². The van der Waals surface area contributed by atoms with Crippen LogP contribution in [0.3, 0.4) is 0 Å². The number of hydrogen-bond donors (Lipinski definition) is 0. The highest BCUT2D eigenvalue weighted by molar-refractivity contribution is 4.89. The first-order chi connectivity index (χ1) is 7.54. The smallest absolute Gasteiger partial charge is 0.0574 e. The van der Waals surface area contributed by atoms with Crippen molar-refractivity contribution in [2.75, 3.05) is 20.8 Å². The van der Waals surface area contributed by atoms with E-state index in [4.69, 9.17) is 9.47 Å². The Morgan fingerprint density at radius 1 is 1.25 bits per heavy atom. The lowest BCUT2D eigenvalue weighted by Gasteiger charge is -2.44. The Bertz CT molecular complexity index is 203. The van der Waals surface area contributed by atoms with E-state index in [0.717, 1.165) is 12.5 Å². The molecule has 0 aromatic carbocycles. The summed E-state index contributed by atoms with van der Waals surface area (Å²) in [5.41, 5.74) is 0.298. The maximum Gasteiger partial charge on any atom is 0.0574 e. The third-order valence-electron chi connectivity index (χ3n) is 4.67. The van der Waals surface area contributed by atoms with Crippen molar-refractivity contribution in [3.63, 3.8) is 0 Å². The Balaban J connectivity index is 2.70. The maximum absolute atomic E-state index is 5.53. The Kier molecular flexibility index (Phi) is 5.26. The molecule has 1 fully saturated rings. The molecule has 0 aliphatic heterocycles. The molecule has 2 heteroatoms. The van der Waals surface area contributed by atoms with Crippen molar-refractivity contribution >= 4 is 0 Å². The van der Waals surface area contributed by atoms with Crippen molar-refractivity contribution in [1.29, 1.82) is 0 Å². The van der Waals surface area contributed by atoms with Gasteiger partial charge in [0, 0.05) is 14.2 Å². The fraction of sp³-hybridized carbons (Fsp3) is 1.00. The lowest BCUT2D eigenvalue weighted by molar-refractivity contribution is -0.0410. The minimum atomic E-state index is 0.298. The number of hydrogen-bond acceptors (Lipinski definition) is 2. The van der Waals surface area contributed by atoms with Crippen LogP contribution in [0.2, 0.25) is 0 Å². The molecule has 0 heterocycles. The van der Waals surface area contributed by atoms with E-state index in [9.17, 15) is 0 Å². The van der Waals surface area contributed by atoms with E-state index in [1.54, 1.807) is 0 Å². The van der Waals surface area contributed by atoms with Gasteiger partial charge < -0.3 is 9.47 Å². The number of rotatable bonds is 5. The van der Waals surface area contributed by atoms with E-state index in [-0.39, 0.29) is 0 Å². The van der Waals surface area contributed by atoms with Crippen molar-refractivity contribution in [3.8, 4) is 0 Å². The summed E-state index contributed by atoms with van der Waals surface area (Å²) in [4.78, 5) is 0. The molecule has 1 rings (SSSR count). The molecule has 2 nitrogen and oxygen atoms in total. The van der Waals surface area contributed by atoms with Gasteiger partial charge in [0.1, 0.15) is 0 Å². The Labute approximate surface area is 101 Å². The fourth-order valence-electron chi connectivity index (χ4n) is 3.02. The molecule has 0 spiro atoms. The first-order valence-electron chi connectivity index (χ1n) is 6.56. The van der Waals surface area contributed by atoms with E-state index in [0.29, 0.717) is 17.4 Å². The molecule has 1 saturated carbocycles. The van der Waals surface area contributed by atoms with Gasteiger partial charge in [-0.25, -0.2) is 0 Å². The van der Waals surface area contributed by atoms with Crippen molar-refractivity contribution in [3.05, 3.63) is 0 Å². The van der Waals surface area contributed by atoms with Crippen LogP contribution in [0.15, 0.2) is 0 Å². The molecule has 1 aliphatic carbocycles. The fourth-order valence-corrected chi connectivity index (χ4v) is 3.02. The van der Waals surface area contributed by atoms with Crippen molar-refractivity contribution < 1.29 is 9.47 Å². The molecule has 3 unspecified atom stereocenters. The average molecular weight is 228 g/mol. The highest BCUT2D eigenvalue weighted by atomic mass is 16.5. The molecule has 0 N–H and O–H groups in total. The molecule has 0 amide bonds. The molecule has 0 saturated heterocycles. The van der Waals surface area contributed by atoms with Crippen LogP contribution in [0, 0.1) is 17.3 Å². The molecular formula is C14H28O2. The summed E-state index contributed by atoms with van der Waals surface area (Å²) in [6.45, 7) is 7.88. The lowest BCUT2D eigenvalue weighted by Crippen LogP contribution is -2.41. The summed E-state index contributed by atoms with van der Waals surface area (Å²) < 4.78 is 11.0. The summed E-state index contributed by atoms with van der Waals surface area (Å²) in [7, 11) is 3.66. The third-order valence-corrected chi connectivity index (χ3v) is 4.67. The first kappa shape index (κ1) is 14.0. The molecule has 1 aliphatic rings. The summed E-state index contributed by atoms with van der Waals surface area (Å²) >= 11 is 0. The summed E-state index contributed by atoms with van der Waals surface area (Å²) in [5.74, 6) is 1.40. The van der Waals surface area contributed by atoms with Gasteiger partial charge in [0.2, 0.25) is 0 Å². The zero-order chi connectivity index (χ0) is 12.2. The van der Waals surface area contributed by atoms with Crippen LogP contribution < -0.4 is 0 Å². The largest absolute Gasteiger partial charge is 0.384 e. The maximum atomic E-state index is 5.53. The molecule has 3 atom stereocenters. The highest BCUT2D eigenvalue weighted by Gasteiger charge is 2.39. The van der Waals surface area contributed by atoms with Gasteiger partial charge in [-0.1, -0.05) is 27.2 Å². The average Bonchev–Trinajstić information content (AvgIpc) is 2.29. The van der Waals surface area contributed by atoms with E-state index in [1.165, 1.54) is 25.7 Å². The van der Waals surface area contributed by atoms with Gasteiger partial charge in [0.15, 0.2) is 0 Å². The van der Waals surface area contributed by atoms with Crippen LogP contribution in [0.4, 0.5) is 0 Å². The molecule has 96 valence electrons. The predicted octanol–water partition coefficient (Wildman–Crippen LogP) is 3.50. The van der Waals surface area contributed by atoms with Crippen molar-refractivity contribution in [2.24, 2.45) is 17.3 Å². The van der Waals surface area contributed by atoms with E-state index < -0.39 is 0 Å². The topological polar surface area (TPSA) is 18.5 Å². The number of methoxy groups -OCH3 is 2. The van der Waals surface area contributed by atoms with Gasteiger partial charge in [-0.05, 0) is 36.5 Å². The quantitative estimate of drug-likeness (QED) is 0.717. The van der Waals surface area contributed by atoms with Crippen molar-refractivity contribution in [1.82, 2.24) is 0 Å². The number of ether oxygens (including phenoxy) is 2. The molecular weight excluding hydrogens is 200 g/mol. The molecule has 0 aromatic heterocycles. The summed E-state index contributed by atoms with van der Waals surface area (Å²) in [6, 6.07) is 0. The highest BCUT2D eigenvalue weighted by Crippen LogP contribution is 2.44. The molecule has 0 radical (unpaired) electrons. The molecule has 0 bridgehead atoms. The van der Waals surface area contributed by atoms with Gasteiger partial charge in [-0.2, -0.15) is 0 Å². The Morgan fingerprint density at radius 3 is 2.44 bits per heavy atom. The van der Waals surface area contributed by atoms with Gasteiger partial charge in [0.05, 0.1) is 12.7 Å². The molecule has 0 aromatic rings. The first-order valence-corrected chi connectivity index (χ1v) is 6.56. The van der Waals surface area contributed by atoms with E-state index >= 15 is 0 Å². The SMILES string of the molecule is COCC(C)(C(C)C)C1CCCC(OC)C1. The van der Waals surface area contributed by atoms with Crippen LogP contribution in [0.1, 0.15) is 46.5 Å². The third kappa shape index (κ3) is 2.98. The Morgan fingerprint density at radius 2 is 1.94 bits per heavy atom. The van der Waals surface area contributed by atoms with Crippen molar-refractivity contribution in [2.45, 2.75) is 52.6 Å². The normalized spacial score (nSPS) is 30.4. The molecule has 16 heavy (non-hydrogen) atoms. The van der Waals surface area contributed by atoms with Gasteiger partial charge in [-0.3, -0.25) is 0 Å². The van der Waals surface area contributed by atoms with E-state index in [2.05, 4.69) is 20.8 Å². The van der Waals surface area contributed by atoms with Crippen LogP contribution in [-0.2, 0) is 9.47 Å². The second kappa shape index (κ2) is 6.02. The summed E-state index contributed by atoms with van der Waals surface area (Å²) in [5, 5.41) is 0. The predicted molar refractivity (Wildman–Crippen MR) is 67.6 cm³/mol. The van der Waals surface area contributed by atoms with Crippen LogP contribution in [0.25, 0.3) is 0 Å². The zero-order valence-electron chi connectivity index (χ0n) is 11.6. The van der Waals surface area contributed by atoms with Crippen LogP contribution in [-0.4, -0.2) is 26.9 Å². The minimum absolute atomic E-state index is 0.298. The van der Waals surface area contributed by atoms with E-state index in [1.807, 2.05) is 14.2 Å². The van der Waals surface area contributed by atoms with Crippen LogP contribution in [0.5, 0.6) is 0 Å².